The highest BCUT2D eigenvalue weighted by Crippen LogP contribution is 2.43. The molecule has 0 saturated carbocycles. The number of carbonyl (C=O) groups is 2. The second-order valence-electron chi connectivity index (χ2n) is 7.98. The molecule has 1 amide bonds. The first kappa shape index (κ1) is 22.3. The second kappa shape index (κ2) is 8.90. The number of halogens is 1. The van der Waals surface area contributed by atoms with E-state index in [1.165, 1.54) is 23.1 Å². The first-order valence-corrected chi connectivity index (χ1v) is 10.7. The number of aliphatic hydroxyl groups excluding tert-OH is 1. The maximum atomic E-state index is 13.8. The van der Waals surface area contributed by atoms with Gasteiger partial charge in [0, 0.05) is 11.3 Å². The fraction of sp³-hybridized carbons (Fsp3) is 0.185. The van der Waals surface area contributed by atoms with Crippen molar-refractivity contribution in [2.75, 3.05) is 11.5 Å². The summed E-state index contributed by atoms with van der Waals surface area (Å²) in [6.07, 6.45) is 0. The maximum absolute atomic E-state index is 13.8. The second-order valence-corrected chi connectivity index (χ2v) is 7.98. The van der Waals surface area contributed by atoms with Gasteiger partial charge >= 0.3 is 0 Å². The van der Waals surface area contributed by atoms with Crippen molar-refractivity contribution in [2.45, 2.75) is 26.8 Å². The van der Waals surface area contributed by atoms with Gasteiger partial charge < -0.3 is 9.84 Å². The largest absolute Gasteiger partial charge is 0.507 e. The molecule has 1 heterocycles. The molecule has 5 nitrogen and oxygen atoms in total. The fourth-order valence-corrected chi connectivity index (χ4v) is 4.08. The molecule has 1 atom stereocenters. The van der Waals surface area contributed by atoms with Crippen LogP contribution in [-0.2, 0) is 9.59 Å². The van der Waals surface area contributed by atoms with Crippen LogP contribution in [0.4, 0.5) is 10.1 Å². The SMILES string of the molecule is CCOc1cccc(C2/C(=C(/O)c3ccc(F)c(C)c3)C(=O)C(=O)N2c2cccc(C)c2)c1. The van der Waals surface area contributed by atoms with Gasteiger partial charge in [-0.2, -0.15) is 0 Å². The van der Waals surface area contributed by atoms with Gasteiger partial charge in [-0.1, -0.05) is 24.3 Å². The average molecular weight is 445 g/mol. The molecule has 1 aliphatic rings. The number of anilines is 1. The van der Waals surface area contributed by atoms with Crippen molar-refractivity contribution in [2.24, 2.45) is 0 Å². The van der Waals surface area contributed by atoms with Gasteiger partial charge in [0.25, 0.3) is 11.7 Å². The van der Waals surface area contributed by atoms with Crippen molar-refractivity contribution in [3.05, 3.63) is 100 Å². The normalized spacial score (nSPS) is 17.5. The third-order valence-electron chi connectivity index (χ3n) is 5.64. The standard InChI is InChI=1S/C27H24FNO4/c1-4-33-21-10-6-8-18(15-21)24-23(25(30)19-11-12-22(28)17(3)14-19)26(31)27(32)29(24)20-9-5-7-16(2)13-20/h5-15,24,30H,4H2,1-3H3/b25-23-. The van der Waals surface area contributed by atoms with Crippen molar-refractivity contribution in [1.82, 2.24) is 0 Å². The number of nitrogens with zero attached hydrogens (tertiary/aromatic N) is 1. The summed E-state index contributed by atoms with van der Waals surface area (Å²) in [7, 11) is 0. The molecule has 168 valence electrons. The van der Waals surface area contributed by atoms with Crippen LogP contribution in [0.5, 0.6) is 5.75 Å². The van der Waals surface area contributed by atoms with Gasteiger partial charge in [-0.25, -0.2) is 4.39 Å². The van der Waals surface area contributed by atoms with Crippen LogP contribution in [-0.4, -0.2) is 23.4 Å². The van der Waals surface area contributed by atoms with Gasteiger partial charge in [0.15, 0.2) is 0 Å². The van der Waals surface area contributed by atoms with Crippen LogP contribution < -0.4 is 9.64 Å². The van der Waals surface area contributed by atoms with E-state index in [0.717, 1.165) is 5.56 Å². The molecule has 1 N–H and O–H groups in total. The molecule has 6 heteroatoms. The number of hydrogen-bond acceptors (Lipinski definition) is 4. The van der Waals surface area contributed by atoms with E-state index in [9.17, 15) is 19.1 Å². The zero-order valence-electron chi connectivity index (χ0n) is 18.6. The highest BCUT2D eigenvalue weighted by Gasteiger charge is 2.47. The van der Waals surface area contributed by atoms with Crippen molar-refractivity contribution < 1.29 is 23.8 Å². The fourth-order valence-electron chi connectivity index (χ4n) is 4.08. The van der Waals surface area contributed by atoms with Gasteiger partial charge in [-0.05, 0) is 79.9 Å². The van der Waals surface area contributed by atoms with E-state index < -0.39 is 23.5 Å². The molecule has 33 heavy (non-hydrogen) atoms. The minimum Gasteiger partial charge on any atom is -0.507 e. The van der Waals surface area contributed by atoms with Gasteiger partial charge in [0.1, 0.15) is 17.3 Å². The quantitative estimate of drug-likeness (QED) is 0.321. The van der Waals surface area contributed by atoms with E-state index in [0.29, 0.717) is 29.2 Å². The van der Waals surface area contributed by atoms with E-state index >= 15 is 0 Å². The van der Waals surface area contributed by atoms with Crippen molar-refractivity contribution >= 4 is 23.1 Å². The molecule has 1 unspecified atom stereocenters. The maximum Gasteiger partial charge on any atom is 0.300 e. The molecule has 0 spiro atoms. The number of carbonyl (C=O) groups excluding carboxylic acids is 2. The van der Waals surface area contributed by atoms with Gasteiger partial charge in [0.05, 0.1) is 18.2 Å². The Kier molecular flexibility index (Phi) is 6.01. The highest BCUT2D eigenvalue weighted by molar-refractivity contribution is 6.51. The Balaban J connectivity index is 1.96. The number of aryl methyl sites for hydroxylation is 2. The Morgan fingerprint density at radius 2 is 1.79 bits per heavy atom. The first-order chi connectivity index (χ1) is 15.8. The topological polar surface area (TPSA) is 66.8 Å². The molecule has 3 aromatic carbocycles. The van der Waals surface area contributed by atoms with E-state index in [4.69, 9.17) is 4.74 Å². The molecule has 0 aromatic heterocycles. The first-order valence-electron chi connectivity index (χ1n) is 10.7. The van der Waals surface area contributed by atoms with Gasteiger partial charge in [-0.15, -0.1) is 0 Å². The molecule has 0 aliphatic carbocycles. The summed E-state index contributed by atoms with van der Waals surface area (Å²) in [6.45, 7) is 5.78. The van der Waals surface area contributed by atoms with Gasteiger partial charge in [-0.3, -0.25) is 14.5 Å². The summed E-state index contributed by atoms with van der Waals surface area (Å²) in [4.78, 5) is 27.8. The van der Waals surface area contributed by atoms with E-state index in [-0.39, 0.29) is 16.9 Å². The number of ketones is 1. The third kappa shape index (κ3) is 4.12. The highest BCUT2D eigenvalue weighted by atomic mass is 19.1. The van der Waals surface area contributed by atoms with Crippen LogP contribution in [0.15, 0.2) is 72.3 Å². The number of aliphatic hydroxyl groups is 1. The predicted molar refractivity (Wildman–Crippen MR) is 125 cm³/mol. The lowest BCUT2D eigenvalue weighted by Gasteiger charge is -2.26. The number of amides is 1. The molecular weight excluding hydrogens is 421 g/mol. The van der Waals surface area contributed by atoms with Crippen molar-refractivity contribution in [3.63, 3.8) is 0 Å². The summed E-state index contributed by atoms with van der Waals surface area (Å²) in [5, 5.41) is 11.2. The molecule has 1 aliphatic heterocycles. The van der Waals surface area contributed by atoms with E-state index in [2.05, 4.69) is 0 Å². The molecule has 0 radical (unpaired) electrons. The zero-order valence-corrected chi connectivity index (χ0v) is 18.6. The van der Waals surface area contributed by atoms with Crippen LogP contribution >= 0.6 is 0 Å². The number of hydrogen-bond donors (Lipinski definition) is 1. The van der Waals surface area contributed by atoms with Crippen molar-refractivity contribution in [3.8, 4) is 5.75 Å². The van der Waals surface area contributed by atoms with Crippen LogP contribution in [0, 0.1) is 19.7 Å². The summed E-state index contributed by atoms with van der Waals surface area (Å²) in [5.74, 6) is -1.73. The smallest absolute Gasteiger partial charge is 0.300 e. The number of ether oxygens (including phenoxy) is 1. The summed E-state index contributed by atoms with van der Waals surface area (Å²) >= 11 is 0. The van der Waals surface area contributed by atoms with Crippen LogP contribution in [0.25, 0.3) is 5.76 Å². The Morgan fingerprint density at radius 3 is 2.48 bits per heavy atom. The van der Waals surface area contributed by atoms with E-state index in [1.807, 2.05) is 26.0 Å². The predicted octanol–water partition coefficient (Wildman–Crippen LogP) is 5.47. The van der Waals surface area contributed by atoms with Crippen molar-refractivity contribution in [1.29, 1.82) is 0 Å². The molecular formula is C27H24FNO4. The third-order valence-corrected chi connectivity index (χ3v) is 5.64. The van der Waals surface area contributed by atoms with Crippen LogP contribution in [0.3, 0.4) is 0 Å². The lowest BCUT2D eigenvalue weighted by molar-refractivity contribution is -0.132. The van der Waals surface area contributed by atoms with Crippen LogP contribution in [0.1, 0.15) is 35.2 Å². The zero-order chi connectivity index (χ0) is 23.7. The Morgan fingerprint density at radius 1 is 1.03 bits per heavy atom. The van der Waals surface area contributed by atoms with Gasteiger partial charge in [0.2, 0.25) is 0 Å². The molecule has 3 aromatic rings. The Bertz CT molecular complexity index is 1280. The molecule has 1 fully saturated rings. The summed E-state index contributed by atoms with van der Waals surface area (Å²) in [6, 6.07) is 17.6. The summed E-state index contributed by atoms with van der Waals surface area (Å²) in [5.41, 5.74) is 2.61. The monoisotopic (exact) mass is 445 g/mol. The Labute approximate surface area is 191 Å². The lowest BCUT2D eigenvalue weighted by atomic mass is 9.94. The number of Topliss-reactive ketones (excluding diaryl/α,β-unsaturated/α-hetero) is 1. The minimum atomic E-state index is -0.877. The molecule has 0 bridgehead atoms. The lowest BCUT2D eigenvalue weighted by Crippen LogP contribution is -2.29. The molecule has 4 rings (SSSR count). The number of rotatable bonds is 5. The van der Waals surface area contributed by atoms with Crippen LogP contribution in [0.2, 0.25) is 0 Å². The summed E-state index contributed by atoms with van der Waals surface area (Å²) < 4.78 is 19.4. The number of benzene rings is 3. The van der Waals surface area contributed by atoms with E-state index in [1.54, 1.807) is 43.3 Å². The average Bonchev–Trinajstić information content (AvgIpc) is 3.06. The molecule has 1 saturated heterocycles. The minimum absolute atomic E-state index is 0.0545. The Hall–Kier alpha value is -3.93.